The lowest BCUT2D eigenvalue weighted by Gasteiger charge is -2.21. The molecule has 1 heterocycles. The fourth-order valence-corrected chi connectivity index (χ4v) is 2.96. The number of likely N-dealkylation sites (tertiary alicyclic amines) is 1. The maximum Gasteiger partial charge on any atom is 0.339 e. The zero-order valence-electron chi connectivity index (χ0n) is 13.1. The summed E-state index contributed by atoms with van der Waals surface area (Å²) in [6.07, 6.45) is 4.69. The number of hydrogen-bond acceptors (Lipinski definition) is 4. The Kier molecular flexibility index (Phi) is 6.05. The van der Waals surface area contributed by atoms with Gasteiger partial charge >= 0.3 is 5.97 Å². The Bertz CT molecular complexity index is 462. The maximum atomic E-state index is 11.8. The van der Waals surface area contributed by atoms with Gasteiger partial charge in [0.15, 0.2) is 0 Å². The van der Waals surface area contributed by atoms with Crippen LogP contribution in [-0.4, -0.2) is 43.7 Å². The average Bonchev–Trinajstić information content (AvgIpc) is 2.73. The quantitative estimate of drug-likeness (QED) is 0.846. The number of nitrogens with one attached hydrogen (secondary N) is 1. The van der Waals surface area contributed by atoms with Crippen molar-refractivity contribution in [2.24, 2.45) is 0 Å². The molecular formula is C17H26N2O2. The van der Waals surface area contributed by atoms with Gasteiger partial charge in [-0.2, -0.15) is 0 Å². The molecule has 0 radical (unpaired) electrons. The highest BCUT2D eigenvalue weighted by atomic mass is 16.5. The van der Waals surface area contributed by atoms with Crippen LogP contribution in [0.5, 0.6) is 0 Å². The van der Waals surface area contributed by atoms with Crippen LogP contribution in [0.3, 0.4) is 0 Å². The zero-order chi connectivity index (χ0) is 15.1. The average molecular weight is 290 g/mol. The van der Waals surface area contributed by atoms with Gasteiger partial charge in [0.25, 0.3) is 0 Å². The van der Waals surface area contributed by atoms with E-state index in [2.05, 4.69) is 17.1 Å². The summed E-state index contributed by atoms with van der Waals surface area (Å²) in [5.74, 6) is -0.278. The molecular weight excluding hydrogens is 264 g/mol. The number of esters is 1. The topological polar surface area (TPSA) is 41.6 Å². The molecule has 0 aliphatic carbocycles. The standard InChI is InChI=1S/C17H26N2O2/c1-3-11-19-12-6-7-14(10-13-19)18-16-9-5-4-8-15(16)17(20)21-2/h4-5,8-9,14,18H,3,6-7,10-13H2,1-2H3. The Hall–Kier alpha value is -1.55. The lowest BCUT2D eigenvalue weighted by atomic mass is 10.1. The molecule has 1 aliphatic rings. The van der Waals surface area contributed by atoms with Gasteiger partial charge in [0.1, 0.15) is 0 Å². The minimum absolute atomic E-state index is 0.278. The molecule has 4 heteroatoms. The summed E-state index contributed by atoms with van der Waals surface area (Å²) >= 11 is 0. The molecule has 1 unspecified atom stereocenters. The largest absolute Gasteiger partial charge is 0.465 e. The molecule has 1 N–H and O–H groups in total. The van der Waals surface area contributed by atoms with Gasteiger partial charge in [-0.25, -0.2) is 4.79 Å². The van der Waals surface area contributed by atoms with E-state index in [0.717, 1.165) is 25.1 Å². The summed E-state index contributed by atoms with van der Waals surface area (Å²) in [4.78, 5) is 14.3. The Labute approximate surface area is 127 Å². The first-order valence-electron chi connectivity index (χ1n) is 7.90. The molecule has 0 amide bonds. The zero-order valence-corrected chi connectivity index (χ0v) is 13.1. The molecule has 0 bridgehead atoms. The van der Waals surface area contributed by atoms with Gasteiger partial charge in [-0.1, -0.05) is 19.1 Å². The summed E-state index contributed by atoms with van der Waals surface area (Å²) in [5, 5.41) is 3.54. The summed E-state index contributed by atoms with van der Waals surface area (Å²) < 4.78 is 4.85. The predicted octanol–water partition coefficient (Wildman–Crippen LogP) is 3.15. The summed E-state index contributed by atoms with van der Waals surface area (Å²) in [5.41, 5.74) is 1.51. The molecule has 4 nitrogen and oxygen atoms in total. The number of benzene rings is 1. The highest BCUT2D eigenvalue weighted by Crippen LogP contribution is 2.21. The second kappa shape index (κ2) is 8.03. The van der Waals surface area contributed by atoms with Crippen LogP contribution in [0.4, 0.5) is 5.69 Å². The first-order chi connectivity index (χ1) is 10.2. The molecule has 1 atom stereocenters. The first-order valence-corrected chi connectivity index (χ1v) is 7.90. The number of carbonyl (C=O) groups excluding carboxylic acids is 1. The highest BCUT2D eigenvalue weighted by molar-refractivity contribution is 5.95. The third kappa shape index (κ3) is 4.46. The van der Waals surface area contributed by atoms with Gasteiger partial charge in [0.2, 0.25) is 0 Å². The van der Waals surface area contributed by atoms with Crippen LogP contribution < -0.4 is 5.32 Å². The van der Waals surface area contributed by atoms with Crippen LogP contribution in [0.15, 0.2) is 24.3 Å². The minimum Gasteiger partial charge on any atom is -0.465 e. The number of ether oxygens (including phenoxy) is 1. The second-order valence-corrected chi connectivity index (χ2v) is 5.65. The number of anilines is 1. The van der Waals surface area contributed by atoms with Crippen molar-refractivity contribution in [3.8, 4) is 0 Å². The first kappa shape index (κ1) is 15.8. The molecule has 1 fully saturated rings. The molecule has 0 spiro atoms. The number of methoxy groups -OCH3 is 1. The molecule has 21 heavy (non-hydrogen) atoms. The Balaban J connectivity index is 2.00. The van der Waals surface area contributed by atoms with E-state index in [0.29, 0.717) is 11.6 Å². The number of carbonyl (C=O) groups is 1. The molecule has 2 rings (SSSR count). The van der Waals surface area contributed by atoms with Crippen molar-refractivity contribution in [1.82, 2.24) is 4.90 Å². The van der Waals surface area contributed by atoms with Gasteiger partial charge in [-0.3, -0.25) is 0 Å². The van der Waals surface area contributed by atoms with Crippen LogP contribution in [0.2, 0.25) is 0 Å². The van der Waals surface area contributed by atoms with Crippen molar-refractivity contribution < 1.29 is 9.53 Å². The summed E-state index contributed by atoms with van der Waals surface area (Å²) in [7, 11) is 1.42. The summed E-state index contributed by atoms with van der Waals surface area (Å²) in [6.45, 7) is 5.73. The van der Waals surface area contributed by atoms with Crippen LogP contribution in [-0.2, 0) is 4.74 Å². The lowest BCUT2D eigenvalue weighted by molar-refractivity contribution is 0.0602. The monoisotopic (exact) mass is 290 g/mol. The van der Waals surface area contributed by atoms with E-state index in [9.17, 15) is 4.79 Å². The molecule has 1 aromatic rings. The van der Waals surface area contributed by atoms with E-state index in [4.69, 9.17) is 4.74 Å². The van der Waals surface area contributed by atoms with Gasteiger partial charge in [0.05, 0.1) is 12.7 Å². The second-order valence-electron chi connectivity index (χ2n) is 5.65. The van der Waals surface area contributed by atoms with Crippen molar-refractivity contribution in [3.05, 3.63) is 29.8 Å². The van der Waals surface area contributed by atoms with Crippen molar-refractivity contribution >= 4 is 11.7 Å². The van der Waals surface area contributed by atoms with E-state index in [1.807, 2.05) is 24.3 Å². The predicted molar refractivity (Wildman–Crippen MR) is 85.8 cm³/mol. The summed E-state index contributed by atoms with van der Waals surface area (Å²) in [6, 6.07) is 8.02. The van der Waals surface area contributed by atoms with E-state index in [-0.39, 0.29) is 5.97 Å². The third-order valence-electron chi connectivity index (χ3n) is 4.05. The molecule has 0 aromatic heterocycles. The van der Waals surface area contributed by atoms with Crippen molar-refractivity contribution in [1.29, 1.82) is 0 Å². The fraction of sp³-hybridized carbons (Fsp3) is 0.588. The Morgan fingerprint density at radius 3 is 2.90 bits per heavy atom. The maximum absolute atomic E-state index is 11.8. The van der Waals surface area contributed by atoms with Gasteiger partial charge in [0, 0.05) is 18.3 Å². The molecule has 116 valence electrons. The SMILES string of the molecule is CCCN1CCCC(Nc2ccccc2C(=O)OC)CC1. The smallest absolute Gasteiger partial charge is 0.339 e. The number of hydrogen-bond donors (Lipinski definition) is 1. The molecule has 0 saturated carbocycles. The third-order valence-corrected chi connectivity index (χ3v) is 4.05. The number of nitrogens with zero attached hydrogens (tertiary/aromatic N) is 1. The van der Waals surface area contributed by atoms with E-state index < -0.39 is 0 Å². The molecule has 1 saturated heterocycles. The van der Waals surface area contributed by atoms with Crippen molar-refractivity contribution in [3.63, 3.8) is 0 Å². The van der Waals surface area contributed by atoms with E-state index >= 15 is 0 Å². The number of para-hydroxylation sites is 1. The molecule has 1 aromatic carbocycles. The molecule has 1 aliphatic heterocycles. The van der Waals surface area contributed by atoms with E-state index in [1.54, 1.807) is 0 Å². The van der Waals surface area contributed by atoms with Crippen LogP contribution >= 0.6 is 0 Å². The highest BCUT2D eigenvalue weighted by Gasteiger charge is 2.18. The number of rotatable bonds is 5. The Morgan fingerprint density at radius 1 is 1.33 bits per heavy atom. The van der Waals surface area contributed by atoms with Crippen LogP contribution in [0.25, 0.3) is 0 Å². The minimum atomic E-state index is -0.278. The van der Waals surface area contributed by atoms with Crippen LogP contribution in [0.1, 0.15) is 43.0 Å². The lowest BCUT2D eigenvalue weighted by Crippen LogP contribution is -2.27. The van der Waals surface area contributed by atoms with E-state index in [1.165, 1.54) is 33.0 Å². The Morgan fingerprint density at radius 2 is 2.14 bits per heavy atom. The van der Waals surface area contributed by atoms with Crippen molar-refractivity contribution in [2.45, 2.75) is 38.6 Å². The van der Waals surface area contributed by atoms with Gasteiger partial charge in [-0.05, 0) is 50.9 Å². The van der Waals surface area contributed by atoms with Gasteiger partial charge in [-0.15, -0.1) is 0 Å². The van der Waals surface area contributed by atoms with Gasteiger partial charge < -0.3 is 15.0 Å². The normalized spacial score (nSPS) is 19.8. The van der Waals surface area contributed by atoms with Crippen LogP contribution in [0, 0.1) is 0 Å². The van der Waals surface area contributed by atoms with Crippen molar-refractivity contribution in [2.75, 3.05) is 32.1 Å². The fourth-order valence-electron chi connectivity index (χ4n) is 2.96.